The van der Waals surface area contributed by atoms with Crippen molar-refractivity contribution in [2.24, 2.45) is 0 Å². The smallest absolute Gasteiger partial charge is 0.132 e. The monoisotopic (exact) mass is 324 g/mol. The number of rotatable bonds is 4. The van der Waals surface area contributed by atoms with E-state index in [0.29, 0.717) is 6.04 Å². The molecule has 1 aromatic heterocycles. The van der Waals surface area contributed by atoms with E-state index in [1.165, 1.54) is 5.56 Å². The van der Waals surface area contributed by atoms with Gasteiger partial charge in [0.25, 0.3) is 0 Å². The maximum Gasteiger partial charge on any atom is 0.132 e. The molecule has 1 unspecified atom stereocenters. The minimum absolute atomic E-state index is 0.587. The lowest BCUT2D eigenvalue weighted by Gasteiger charge is -2.26. The average Bonchev–Trinajstić information content (AvgIpc) is 2.78. The summed E-state index contributed by atoms with van der Waals surface area (Å²) in [6, 6.07) is 13.5. The Balaban J connectivity index is 1.71. The highest BCUT2D eigenvalue weighted by Crippen LogP contribution is 2.19. The summed E-state index contributed by atoms with van der Waals surface area (Å²) in [5.41, 5.74) is 2.53. The van der Waals surface area contributed by atoms with Gasteiger partial charge < -0.3 is 4.90 Å². The lowest BCUT2D eigenvalue weighted by atomic mass is 10.1. The van der Waals surface area contributed by atoms with Gasteiger partial charge in [-0.2, -0.15) is 0 Å². The minimum atomic E-state index is 0.587. The quantitative estimate of drug-likeness (QED) is 0.862. The van der Waals surface area contributed by atoms with E-state index in [0.717, 1.165) is 56.4 Å². The van der Waals surface area contributed by atoms with Gasteiger partial charge in [0.15, 0.2) is 0 Å². The van der Waals surface area contributed by atoms with Crippen LogP contribution in [0.4, 0.5) is 5.82 Å². The topological polar surface area (TPSA) is 32.3 Å². The fraction of sp³-hybridized carbons (Fsp3) is 0.500. The van der Waals surface area contributed by atoms with Gasteiger partial charge in [0.05, 0.1) is 0 Å². The Morgan fingerprint density at radius 3 is 2.62 bits per heavy atom. The van der Waals surface area contributed by atoms with Gasteiger partial charge in [-0.15, -0.1) is 0 Å². The molecule has 0 radical (unpaired) electrons. The van der Waals surface area contributed by atoms with Gasteiger partial charge in [0.1, 0.15) is 11.6 Å². The zero-order valence-corrected chi connectivity index (χ0v) is 15.1. The normalized spacial score (nSPS) is 19.3. The van der Waals surface area contributed by atoms with E-state index in [-0.39, 0.29) is 0 Å². The molecule has 0 N–H and O–H groups in total. The van der Waals surface area contributed by atoms with E-state index < -0.39 is 0 Å². The van der Waals surface area contributed by atoms with Crippen LogP contribution in [-0.4, -0.2) is 40.5 Å². The zero-order chi connectivity index (χ0) is 16.9. The molecular weight excluding hydrogens is 296 g/mol. The van der Waals surface area contributed by atoms with Crippen molar-refractivity contribution < 1.29 is 0 Å². The second-order valence-electron chi connectivity index (χ2n) is 6.70. The van der Waals surface area contributed by atoms with Gasteiger partial charge >= 0.3 is 0 Å². The summed E-state index contributed by atoms with van der Waals surface area (Å²) in [6.07, 6.45) is 2.12. The molecule has 24 heavy (non-hydrogen) atoms. The van der Waals surface area contributed by atoms with Crippen molar-refractivity contribution in [2.75, 3.05) is 24.5 Å². The fourth-order valence-corrected chi connectivity index (χ4v) is 3.34. The number of hydrogen-bond acceptors (Lipinski definition) is 4. The van der Waals surface area contributed by atoms with Crippen molar-refractivity contribution in [1.82, 2.24) is 14.9 Å². The molecule has 128 valence electrons. The molecule has 2 aromatic rings. The van der Waals surface area contributed by atoms with Crippen LogP contribution in [0.3, 0.4) is 0 Å². The predicted molar refractivity (Wildman–Crippen MR) is 99.3 cm³/mol. The summed E-state index contributed by atoms with van der Waals surface area (Å²) in [4.78, 5) is 14.2. The van der Waals surface area contributed by atoms with Crippen molar-refractivity contribution >= 4 is 5.82 Å². The van der Waals surface area contributed by atoms with Crippen LogP contribution < -0.4 is 4.90 Å². The first-order chi connectivity index (χ1) is 11.7. The van der Waals surface area contributed by atoms with Crippen LogP contribution in [0.25, 0.3) is 0 Å². The highest BCUT2D eigenvalue weighted by atomic mass is 15.3. The lowest BCUT2D eigenvalue weighted by Crippen LogP contribution is -2.34. The maximum atomic E-state index is 4.68. The second kappa shape index (κ2) is 7.75. The number of nitrogens with zero attached hydrogens (tertiary/aromatic N) is 4. The second-order valence-corrected chi connectivity index (χ2v) is 6.70. The molecule has 1 aliphatic heterocycles. The lowest BCUT2D eigenvalue weighted by molar-refractivity contribution is 0.212. The van der Waals surface area contributed by atoms with E-state index in [1.54, 1.807) is 0 Å². The van der Waals surface area contributed by atoms with E-state index in [4.69, 9.17) is 0 Å². The van der Waals surface area contributed by atoms with Gasteiger partial charge in [-0.3, -0.25) is 4.90 Å². The Morgan fingerprint density at radius 2 is 1.88 bits per heavy atom. The molecule has 0 amide bonds. The summed E-state index contributed by atoms with van der Waals surface area (Å²) in [5, 5.41) is 0. The van der Waals surface area contributed by atoms with E-state index in [2.05, 4.69) is 70.0 Å². The summed E-state index contributed by atoms with van der Waals surface area (Å²) in [7, 11) is 0. The Morgan fingerprint density at radius 1 is 1.08 bits per heavy atom. The molecule has 4 heteroatoms. The summed E-state index contributed by atoms with van der Waals surface area (Å²) < 4.78 is 0. The van der Waals surface area contributed by atoms with Crippen LogP contribution in [0.2, 0.25) is 0 Å². The van der Waals surface area contributed by atoms with Crippen molar-refractivity contribution in [3.05, 3.63) is 53.5 Å². The number of hydrogen-bond donors (Lipinski definition) is 0. The number of aryl methyl sites for hydroxylation is 2. The van der Waals surface area contributed by atoms with Crippen LogP contribution in [0.1, 0.15) is 37.4 Å². The Bertz CT molecular complexity index is 656. The third-order valence-corrected chi connectivity index (χ3v) is 4.89. The van der Waals surface area contributed by atoms with Gasteiger partial charge in [-0.05, 0) is 32.3 Å². The fourth-order valence-electron chi connectivity index (χ4n) is 3.34. The molecule has 1 fully saturated rings. The predicted octanol–water partition coefficient (Wildman–Crippen LogP) is 3.45. The Kier molecular flexibility index (Phi) is 5.46. The molecule has 3 rings (SSSR count). The molecule has 2 heterocycles. The zero-order valence-electron chi connectivity index (χ0n) is 15.1. The van der Waals surface area contributed by atoms with Crippen LogP contribution in [0.5, 0.6) is 0 Å². The van der Waals surface area contributed by atoms with Crippen molar-refractivity contribution in [1.29, 1.82) is 0 Å². The number of aromatic nitrogens is 2. The average molecular weight is 324 g/mol. The SMILES string of the molecule is CCc1cc(N2CCC(C)N(Cc3ccccc3)CC2)nc(C)n1. The van der Waals surface area contributed by atoms with E-state index in [9.17, 15) is 0 Å². The highest BCUT2D eigenvalue weighted by Gasteiger charge is 2.22. The molecular formula is C20H28N4. The van der Waals surface area contributed by atoms with Gasteiger partial charge in [-0.1, -0.05) is 37.3 Å². The first kappa shape index (κ1) is 16.9. The first-order valence-electron chi connectivity index (χ1n) is 9.03. The molecule has 0 bridgehead atoms. The summed E-state index contributed by atoms with van der Waals surface area (Å²) >= 11 is 0. The highest BCUT2D eigenvalue weighted by molar-refractivity contribution is 5.40. The van der Waals surface area contributed by atoms with Crippen LogP contribution in [-0.2, 0) is 13.0 Å². The standard InChI is InChI=1S/C20H28N4/c1-4-19-14-20(22-17(3)21-19)23-11-10-16(2)24(13-12-23)15-18-8-6-5-7-9-18/h5-9,14,16H,4,10-13,15H2,1-3H3. The number of benzene rings is 1. The first-order valence-corrected chi connectivity index (χ1v) is 9.03. The van der Waals surface area contributed by atoms with Crippen LogP contribution in [0, 0.1) is 6.92 Å². The van der Waals surface area contributed by atoms with Gasteiger partial charge in [0, 0.05) is 44.0 Å². The minimum Gasteiger partial charge on any atom is -0.355 e. The van der Waals surface area contributed by atoms with E-state index >= 15 is 0 Å². The maximum absolute atomic E-state index is 4.68. The Labute approximate surface area is 145 Å². The molecule has 0 spiro atoms. The van der Waals surface area contributed by atoms with Crippen LogP contribution in [0.15, 0.2) is 36.4 Å². The molecule has 0 saturated carbocycles. The van der Waals surface area contributed by atoms with E-state index in [1.807, 2.05) is 6.92 Å². The molecule has 0 aliphatic carbocycles. The third-order valence-electron chi connectivity index (χ3n) is 4.89. The molecule has 4 nitrogen and oxygen atoms in total. The summed E-state index contributed by atoms with van der Waals surface area (Å²) in [5.74, 6) is 1.97. The largest absolute Gasteiger partial charge is 0.355 e. The van der Waals surface area contributed by atoms with Crippen molar-refractivity contribution in [2.45, 2.75) is 46.2 Å². The summed E-state index contributed by atoms with van der Waals surface area (Å²) in [6.45, 7) is 10.7. The third kappa shape index (κ3) is 4.12. The molecule has 1 aromatic carbocycles. The molecule has 1 atom stereocenters. The Hall–Kier alpha value is -1.94. The number of anilines is 1. The van der Waals surface area contributed by atoms with Gasteiger partial charge in [0.2, 0.25) is 0 Å². The molecule has 1 saturated heterocycles. The van der Waals surface area contributed by atoms with Crippen molar-refractivity contribution in [3.63, 3.8) is 0 Å². The van der Waals surface area contributed by atoms with Crippen molar-refractivity contribution in [3.8, 4) is 0 Å². The van der Waals surface area contributed by atoms with Crippen LogP contribution >= 0.6 is 0 Å². The molecule has 1 aliphatic rings. The van der Waals surface area contributed by atoms with Gasteiger partial charge in [-0.25, -0.2) is 9.97 Å².